The summed E-state index contributed by atoms with van der Waals surface area (Å²) in [5.74, 6) is 0.117. The Labute approximate surface area is 167 Å². The highest BCUT2D eigenvalue weighted by molar-refractivity contribution is 7.91. The number of carbonyl (C=O) groups excluding carboxylic acids is 1. The van der Waals surface area contributed by atoms with Crippen LogP contribution in [0.5, 0.6) is 0 Å². The number of halogens is 1. The molecule has 146 valence electrons. The van der Waals surface area contributed by atoms with Crippen molar-refractivity contribution in [2.75, 3.05) is 11.5 Å². The highest BCUT2D eigenvalue weighted by Gasteiger charge is 2.40. The Balaban J connectivity index is 1.69. The highest BCUT2D eigenvalue weighted by atomic mass is 35.5. The van der Waals surface area contributed by atoms with Crippen LogP contribution < -0.4 is 5.32 Å². The van der Waals surface area contributed by atoms with Crippen molar-refractivity contribution >= 4 is 27.3 Å². The molecule has 3 aromatic rings. The molecule has 1 N–H and O–H groups in total. The van der Waals surface area contributed by atoms with Crippen LogP contribution in [0.1, 0.15) is 23.8 Å². The lowest BCUT2D eigenvalue weighted by Crippen LogP contribution is -2.47. The van der Waals surface area contributed by atoms with E-state index < -0.39 is 21.3 Å². The predicted octanol–water partition coefficient (Wildman–Crippen LogP) is 3.09. The average molecular weight is 420 g/mol. The van der Waals surface area contributed by atoms with Crippen LogP contribution in [-0.2, 0) is 9.84 Å². The summed E-state index contributed by atoms with van der Waals surface area (Å²) in [6, 6.07) is 12.2. The van der Waals surface area contributed by atoms with Gasteiger partial charge in [-0.1, -0.05) is 11.6 Å². The van der Waals surface area contributed by atoms with Crippen LogP contribution >= 0.6 is 11.6 Å². The zero-order valence-corrected chi connectivity index (χ0v) is 16.6. The van der Waals surface area contributed by atoms with E-state index in [0.29, 0.717) is 28.6 Å². The third kappa shape index (κ3) is 3.70. The summed E-state index contributed by atoms with van der Waals surface area (Å²) in [5, 5.41) is 7.84. The van der Waals surface area contributed by atoms with Crippen LogP contribution in [0.4, 0.5) is 0 Å². The third-order valence-electron chi connectivity index (χ3n) is 4.71. The molecule has 2 aromatic heterocycles. The van der Waals surface area contributed by atoms with Gasteiger partial charge in [0.05, 0.1) is 29.0 Å². The summed E-state index contributed by atoms with van der Waals surface area (Å²) in [5.41, 5.74) is 0.684. The van der Waals surface area contributed by atoms with Crippen molar-refractivity contribution in [3.8, 4) is 17.1 Å². The zero-order valence-electron chi connectivity index (χ0n) is 15.1. The Hall–Kier alpha value is -2.58. The Morgan fingerprint density at radius 1 is 1.29 bits per heavy atom. The van der Waals surface area contributed by atoms with Crippen LogP contribution in [0, 0.1) is 0 Å². The van der Waals surface area contributed by atoms with E-state index in [2.05, 4.69) is 10.4 Å². The minimum atomic E-state index is -3.14. The first-order chi connectivity index (χ1) is 13.2. The van der Waals surface area contributed by atoms with Crippen LogP contribution in [0.15, 0.2) is 53.1 Å². The quantitative estimate of drug-likeness (QED) is 0.701. The van der Waals surface area contributed by atoms with Crippen molar-refractivity contribution in [2.24, 2.45) is 0 Å². The number of nitrogens with one attached hydrogen (secondary N) is 1. The molecule has 1 fully saturated rings. The number of furan rings is 1. The summed E-state index contributed by atoms with van der Waals surface area (Å²) < 4.78 is 30.7. The molecule has 0 saturated carbocycles. The molecule has 1 unspecified atom stereocenters. The van der Waals surface area contributed by atoms with Crippen molar-refractivity contribution in [3.63, 3.8) is 0 Å². The maximum atomic E-state index is 12.8. The van der Waals surface area contributed by atoms with Crippen LogP contribution in [0.3, 0.4) is 0 Å². The van der Waals surface area contributed by atoms with Gasteiger partial charge in [-0.05, 0) is 49.7 Å². The molecule has 7 nitrogen and oxygen atoms in total. The Morgan fingerprint density at radius 2 is 2.04 bits per heavy atom. The molecule has 0 radical (unpaired) electrons. The maximum absolute atomic E-state index is 12.8. The summed E-state index contributed by atoms with van der Waals surface area (Å²) in [6.07, 6.45) is 1.92. The van der Waals surface area contributed by atoms with Gasteiger partial charge in [-0.2, -0.15) is 5.10 Å². The van der Waals surface area contributed by atoms with Crippen LogP contribution in [0.2, 0.25) is 5.02 Å². The third-order valence-corrected chi connectivity index (χ3v) is 6.86. The van der Waals surface area contributed by atoms with Crippen LogP contribution in [-0.4, -0.2) is 41.2 Å². The number of hydrogen-bond acceptors (Lipinski definition) is 5. The first kappa shape index (κ1) is 18.8. The Kier molecular flexibility index (Phi) is 4.55. The van der Waals surface area contributed by atoms with Gasteiger partial charge in [0.25, 0.3) is 5.91 Å². The first-order valence-electron chi connectivity index (χ1n) is 8.68. The van der Waals surface area contributed by atoms with E-state index in [1.165, 1.54) is 0 Å². The van der Waals surface area contributed by atoms with E-state index in [0.717, 1.165) is 0 Å². The minimum Gasteiger partial charge on any atom is -0.463 e. The summed E-state index contributed by atoms with van der Waals surface area (Å²) in [7, 11) is -3.14. The zero-order chi connectivity index (χ0) is 19.9. The molecule has 1 aliphatic heterocycles. The molecule has 1 aromatic carbocycles. The van der Waals surface area contributed by atoms with Gasteiger partial charge < -0.3 is 9.73 Å². The van der Waals surface area contributed by atoms with Crippen molar-refractivity contribution in [1.29, 1.82) is 0 Å². The first-order valence-corrected chi connectivity index (χ1v) is 10.9. The Morgan fingerprint density at radius 3 is 2.64 bits per heavy atom. The Bertz CT molecular complexity index is 1120. The fraction of sp³-hybridized carbons (Fsp3) is 0.263. The van der Waals surface area contributed by atoms with Crippen LogP contribution in [0.25, 0.3) is 17.1 Å². The molecule has 3 heterocycles. The smallest absolute Gasteiger partial charge is 0.272 e. The highest BCUT2D eigenvalue weighted by Crippen LogP contribution is 2.27. The van der Waals surface area contributed by atoms with Gasteiger partial charge in [-0.25, -0.2) is 13.1 Å². The molecule has 1 saturated heterocycles. The molecule has 0 aliphatic carbocycles. The average Bonchev–Trinajstić information content (AvgIpc) is 3.34. The number of rotatable bonds is 4. The second-order valence-electron chi connectivity index (χ2n) is 7.14. The summed E-state index contributed by atoms with van der Waals surface area (Å²) >= 11 is 5.97. The summed E-state index contributed by atoms with van der Waals surface area (Å²) in [6.45, 7) is 1.74. The second-order valence-corrected chi connectivity index (χ2v) is 9.76. The van der Waals surface area contributed by atoms with Gasteiger partial charge in [0.2, 0.25) is 0 Å². The van der Waals surface area contributed by atoms with Gasteiger partial charge in [-0.15, -0.1) is 0 Å². The normalized spacial score (nSPS) is 20.9. The van der Waals surface area contributed by atoms with E-state index in [9.17, 15) is 13.2 Å². The molecule has 1 aliphatic rings. The molecule has 1 amide bonds. The van der Waals surface area contributed by atoms with Gasteiger partial charge in [0.15, 0.2) is 21.3 Å². The van der Waals surface area contributed by atoms with Gasteiger partial charge >= 0.3 is 0 Å². The molecule has 1 atom stereocenters. The molecule has 28 heavy (non-hydrogen) atoms. The molecule has 0 bridgehead atoms. The predicted molar refractivity (Wildman–Crippen MR) is 105 cm³/mol. The monoisotopic (exact) mass is 419 g/mol. The molecular weight excluding hydrogens is 402 g/mol. The van der Waals surface area contributed by atoms with Gasteiger partial charge in [0.1, 0.15) is 5.69 Å². The minimum absolute atomic E-state index is 0.0701. The molecule has 4 rings (SSSR count). The van der Waals surface area contributed by atoms with E-state index in [4.69, 9.17) is 16.0 Å². The number of nitrogens with zero attached hydrogens (tertiary/aromatic N) is 2. The SMILES string of the molecule is CC1(NC(=O)c2cc(-c3ccco3)n(-c3ccc(Cl)cc3)n2)CCS(=O)(=O)C1. The maximum Gasteiger partial charge on any atom is 0.272 e. The fourth-order valence-corrected chi connectivity index (χ4v) is 5.54. The van der Waals surface area contributed by atoms with Gasteiger partial charge in [0, 0.05) is 11.1 Å². The van der Waals surface area contributed by atoms with Crippen molar-refractivity contribution in [2.45, 2.75) is 18.9 Å². The summed E-state index contributed by atoms with van der Waals surface area (Å²) in [4.78, 5) is 12.8. The van der Waals surface area contributed by atoms with E-state index >= 15 is 0 Å². The number of aromatic nitrogens is 2. The molecule has 0 spiro atoms. The van der Waals surface area contributed by atoms with Crippen molar-refractivity contribution in [3.05, 3.63) is 59.4 Å². The lowest BCUT2D eigenvalue weighted by Gasteiger charge is -2.23. The van der Waals surface area contributed by atoms with Crippen molar-refractivity contribution in [1.82, 2.24) is 15.1 Å². The lowest BCUT2D eigenvalue weighted by molar-refractivity contribution is 0.0910. The largest absolute Gasteiger partial charge is 0.463 e. The number of carbonyl (C=O) groups is 1. The van der Waals surface area contributed by atoms with Gasteiger partial charge in [-0.3, -0.25) is 4.79 Å². The van der Waals surface area contributed by atoms with E-state index in [-0.39, 0.29) is 17.2 Å². The lowest BCUT2D eigenvalue weighted by atomic mass is 10.0. The number of benzene rings is 1. The van der Waals surface area contributed by atoms with Crippen molar-refractivity contribution < 1.29 is 17.6 Å². The number of amides is 1. The number of hydrogen-bond donors (Lipinski definition) is 1. The van der Waals surface area contributed by atoms with E-state index in [1.54, 1.807) is 60.3 Å². The standard InChI is InChI=1S/C19H18ClN3O4S/c1-19(8-10-28(25,26)12-19)21-18(24)15-11-16(17-3-2-9-27-17)23(22-15)14-6-4-13(20)5-7-14/h2-7,9,11H,8,10,12H2,1H3,(H,21,24). The molecular formula is C19H18ClN3O4S. The molecule has 9 heteroatoms. The number of sulfone groups is 1. The van der Waals surface area contributed by atoms with E-state index in [1.807, 2.05) is 0 Å². The topological polar surface area (TPSA) is 94.2 Å². The fourth-order valence-electron chi connectivity index (χ4n) is 3.32. The second kappa shape index (κ2) is 6.79.